The number of hydrogen-bond acceptors (Lipinski definition) is 3. The van der Waals surface area contributed by atoms with Crippen molar-refractivity contribution in [2.45, 2.75) is 38.8 Å². The van der Waals surface area contributed by atoms with Gasteiger partial charge in [0.05, 0.1) is 6.61 Å². The molecule has 0 heterocycles. The van der Waals surface area contributed by atoms with E-state index in [1.165, 1.54) is 0 Å². The fourth-order valence-corrected chi connectivity index (χ4v) is 2.31. The van der Waals surface area contributed by atoms with Crippen molar-refractivity contribution < 1.29 is 14.6 Å². The number of aliphatic carboxylic acids is 1. The number of rotatable bonds is 9. The molecule has 20 heavy (non-hydrogen) atoms. The molecule has 0 spiro atoms. The Hall–Kier alpha value is -1.39. The van der Waals surface area contributed by atoms with Gasteiger partial charge < -0.3 is 9.84 Å². The summed E-state index contributed by atoms with van der Waals surface area (Å²) in [7, 11) is 1.64. The molecular formula is C16H25NO3. The van der Waals surface area contributed by atoms with E-state index in [1.807, 2.05) is 30.3 Å². The van der Waals surface area contributed by atoms with Crippen molar-refractivity contribution in [3.63, 3.8) is 0 Å². The number of hydrogen-bond donors (Lipinski definition) is 2. The molecule has 0 saturated heterocycles. The highest BCUT2D eigenvalue weighted by molar-refractivity contribution is 5.74. The molecule has 0 bridgehead atoms. The van der Waals surface area contributed by atoms with Crippen LogP contribution in [-0.4, -0.2) is 36.9 Å². The highest BCUT2D eigenvalue weighted by atomic mass is 16.5. The molecule has 112 valence electrons. The summed E-state index contributed by atoms with van der Waals surface area (Å²) in [6.45, 7) is 4.77. The van der Waals surface area contributed by atoms with Crippen LogP contribution in [0.25, 0.3) is 0 Å². The van der Waals surface area contributed by atoms with Gasteiger partial charge in [0.1, 0.15) is 6.04 Å². The molecule has 2 atom stereocenters. The Morgan fingerprint density at radius 3 is 2.45 bits per heavy atom. The van der Waals surface area contributed by atoms with E-state index >= 15 is 0 Å². The SMILES string of the molecule is COCC(CC(C)C)N[C@@H](Cc1ccccc1)C(=O)O. The maximum Gasteiger partial charge on any atom is 0.321 e. The molecular weight excluding hydrogens is 254 g/mol. The molecule has 1 unspecified atom stereocenters. The minimum Gasteiger partial charge on any atom is -0.480 e. The maximum atomic E-state index is 11.4. The summed E-state index contributed by atoms with van der Waals surface area (Å²) in [5, 5.41) is 12.6. The normalized spacial score (nSPS) is 14.2. The van der Waals surface area contributed by atoms with E-state index in [4.69, 9.17) is 4.74 Å². The van der Waals surface area contributed by atoms with Gasteiger partial charge in [0.2, 0.25) is 0 Å². The van der Waals surface area contributed by atoms with Gasteiger partial charge in [0.25, 0.3) is 0 Å². The number of carbonyl (C=O) groups is 1. The molecule has 4 heteroatoms. The van der Waals surface area contributed by atoms with Gasteiger partial charge in [-0.3, -0.25) is 10.1 Å². The van der Waals surface area contributed by atoms with Crippen LogP contribution in [-0.2, 0) is 16.0 Å². The zero-order valence-electron chi connectivity index (χ0n) is 12.5. The lowest BCUT2D eigenvalue weighted by atomic mass is 10.0. The third-order valence-electron chi connectivity index (χ3n) is 3.14. The first-order valence-corrected chi connectivity index (χ1v) is 7.04. The van der Waals surface area contributed by atoms with Crippen LogP contribution in [0.1, 0.15) is 25.8 Å². The van der Waals surface area contributed by atoms with Crippen LogP contribution in [0.3, 0.4) is 0 Å². The molecule has 0 radical (unpaired) electrons. The number of nitrogens with one attached hydrogen (secondary N) is 1. The number of benzene rings is 1. The zero-order valence-corrected chi connectivity index (χ0v) is 12.5. The van der Waals surface area contributed by atoms with Gasteiger partial charge in [-0.1, -0.05) is 44.2 Å². The summed E-state index contributed by atoms with van der Waals surface area (Å²) in [6, 6.07) is 9.15. The summed E-state index contributed by atoms with van der Waals surface area (Å²) in [4.78, 5) is 11.4. The van der Waals surface area contributed by atoms with E-state index in [-0.39, 0.29) is 6.04 Å². The standard InChI is InChI=1S/C16H25NO3/c1-12(2)9-14(11-20-3)17-15(16(18)19)10-13-7-5-4-6-8-13/h4-8,12,14-15,17H,9-11H2,1-3H3,(H,18,19)/t14?,15-/m0/s1. The molecule has 0 fully saturated rings. The van der Waals surface area contributed by atoms with E-state index < -0.39 is 12.0 Å². The Balaban J connectivity index is 2.67. The van der Waals surface area contributed by atoms with Crippen LogP contribution in [0.2, 0.25) is 0 Å². The fourth-order valence-electron chi connectivity index (χ4n) is 2.31. The second-order valence-electron chi connectivity index (χ2n) is 5.53. The summed E-state index contributed by atoms with van der Waals surface area (Å²) < 4.78 is 5.18. The monoisotopic (exact) mass is 279 g/mol. The van der Waals surface area contributed by atoms with Crippen LogP contribution in [0.4, 0.5) is 0 Å². The predicted octanol–water partition coefficient (Wildman–Crippen LogP) is 2.33. The van der Waals surface area contributed by atoms with Crippen LogP contribution < -0.4 is 5.32 Å². The first kappa shape index (κ1) is 16.7. The van der Waals surface area contributed by atoms with Crippen molar-refractivity contribution >= 4 is 5.97 Å². The Labute approximate surface area is 121 Å². The zero-order chi connectivity index (χ0) is 15.0. The van der Waals surface area contributed by atoms with E-state index in [9.17, 15) is 9.90 Å². The molecule has 0 aliphatic carbocycles. The largest absolute Gasteiger partial charge is 0.480 e. The molecule has 0 saturated carbocycles. The van der Waals surface area contributed by atoms with E-state index in [0.29, 0.717) is 18.9 Å². The first-order chi connectivity index (χ1) is 9.52. The summed E-state index contributed by atoms with van der Waals surface area (Å²) in [5.41, 5.74) is 1.02. The summed E-state index contributed by atoms with van der Waals surface area (Å²) in [5.74, 6) is -0.326. The van der Waals surface area contributed by atoms with Crippen molar-refractivity contribution in [1.82, 2.24) is 5.32 Å². The van der Waals surface area contributed by atoms with Gasteiger partial charge in [-0.25, -0.2) is 0 Å². The van der Waals surface area contributed by atoms with Crippen molar-refractivity contribution in [2.75, 3.05) is 13.7 Å². The van der Waals surface area contributed by atoms with E-state index in [0.717, 1.165) is 12.0 Å². The van der Waals surface area contributed by atoms with Crippen molar-refractivity contribution in [1.29, 1.82) is 0 Å². The summed E-state index contributed by atoms with van der Waals surface area (Å²) in [6.07, 6.45) is 1.38. The van der Waals surface area contributed by atoms with Gasteiger partial charge in [-0.2, -0.15) is 0 Å². The minimum atomic E-state index is -0.821. The highest BCUT2D eigenvalue weighted by Crippen LogP contribution is 2.09. The van der Waals surface area contributed by atoms with Gasteiger partial charge in [-0.15, -0.1) is 0 Å². The van der Waals surface area contributed by atoms with Crippen molar-refractivity contribution in [2.24, 2.45) is 5.92 Å². The Kier molecular flexibility index (Phi) is 7.26. The van der Waals surface area contributed by atoms with Gasteiger partial charge in [-0.05, 0) is 24.3 Å². The second kappa shape index (κ2) is 8.72. The highest BCUT2D eigenvalue weighted by Gasteiger charge is 2.22. The van der Waals surface area contributed by atoms with Crippen molar-refractivity contribution in [3.05, 3.63) is 35.9 Å². The van der Waals surface area contributed by atoms with Crippen molar-refractivity contribution in [3.8, 4) is 0 Å². The Bertz CT molecular complexity index is 392. The van der Waals surface area contributed by atoms with Crippen LogP contribution in [0.5, 0.6) is 0 Å². The fraction of sp³-hybridized carbons (Fsp3) is 0.562. The van der Waals surface area contributed by atoms with Gasteiger partial charge >= 0.3 is 5.97 Å². The molecule has 0 amide bonds. The Morgan fingerprint density at radius 1 is 1.30 bits per heavy atom. The minimum absolute atomic E-state index is 0.0600. The molecule has 1 rings (SSSR count). The smallest absolute Gasteiger partial charge is 0.321 e. The van der Waals surface area contributed by atoms with Crippen LogP contribution in [0, 0.1) is 5.92 Å². The average molecular weight is 279 g/mol. The molecule has 0 aliphatic rings. The van der Waals surface area contributed by atoms with Crippen LogP contribution >= 0.6 is 0 Å². The topological polar surface area (TPSA) is 58.6 Å². The molecule has 1 aromatic rings. The number of carboxylic acid groups (broad SMARTS) is 1. The quantitative estimate of drug-likeness (QED) is 0.728. The Morgan fingerprint density at radius 2 is 1.95 bits per heavy atom. The van der Waals surface area contributed by atoms with E-state index in [1.54, 1.807) is 7.11 Å². The number of ether oxygens (including phenoxy) is 1. The molecule has 1 aromatic carbocycles. The second-order valence-corrected chi connectivity index (χ2v) is 5.53. The first-order valence-electron chi connectivity index (χ1n) is 7.04. The number of methoxy groups -OCH3 is 1. The third kappa shape index (κ3) is 6.17. The average Bonchev–Trinajstić information content (AvgIpc) is 2.38. The lowest BCUT2D eigenvalue weighted by Crippen LogP contribution is -2.47. The van der Waals surface area contributed by atoms with Gasteiger partial charge in [0, 0.05) is 13.2 Å². The van der Waals surface area contributed by atoms with Gasteiger partial charge in [0.15, 0.2) is 0 Å². The lowest BCUT2D eigenvalue weighted by Gasteiger charge is -2.24. The molecule has 0 aromatic heterocycles. The molecule has 2 N–H and O–H groups in total. The maximum absolute atomic E-state index is 11.4. The molecule has 0 aliphatic heterocycles. The van der Waals surface area contributed by atoms with Crippen LogP contribution in [0.15, 0.2) is 30.3 Å². The third-order valence-corrected chi connectivity index (χ3v) is 3.14. The lowest BCUT2D eigenvalue weighted by molar-refractivity contribution is -0.139. The number of carboxylic acids is 1. The molecule has 4 nitrogen and oxygen atoms in total. The van der Waals surface area contributed by atoms with E-state index in [2.05, 4.69) is 19.2 Å². The summed E-state index contributed by atoms with van der Waals surface area (Å²) >= 11 is 0. The predicted molar refractivity (Wildman–Crippen MR) is 79.8 cm³/mol.